The maximum Gasteiger partial charge on any atom is 0.190 e. The first-order valence-corrected chi connectivity index (χ1v) is 9.86. The lowest BCUT2D eigenvalue weighted by molar-refractivity contribution is -0.0172. The average Bonchev–Trinajstić information content (AvgIpc) is 3.14. The smallest absolute Gasteiger partial charge is 0.190 e. The van der Waals surface area contributed by atoms with Gasteiger partial charge in [-0.1, -0.05) is 0 Å². The molecule has 0 aliphatic carbocycles. The van der Waals surface area contributed by atoms with Crippen molar-refractivity contribution in [2.45, 2.75) is 19.4 Å². The summed E-state index contributed by atoms with van der Waals surface area (Å²) in [4.78, 5) is 7.38. The molecule has 158 valence electrons. The second-order valence-electron chi connectivity index (χ2n) is 7.09. The van der Waals surface area contributed by atoms with Gasteiger partial charge in [0.1, 0.15) is 17.4 Å². The number of halogens is 2. The Bertz CT molecular complexity index is 1060. The molecule has 6 nitrogen and oxygen atoms in total. The van der Waals surface area contributed by atoms with Gasteiger partial charge in [0, 0.05) is 42.8 Å². The highest BCUT2D eigenvalue weighted by atomic mass is 19.1. The lowest BCUT2D eigenvalue weighted by Crippen LogP contribution is -2.39. The Hall–Kier alpha value is -3.13. The standard InChI is InChI=1S/C22H24F2N4O2/c1-25-22(27-7-5-15-11-28-20-3-2-17(23)10-19(15)20)26-6-4-14-8-18(24)9-16-12-29-13-30-21(14)16/h2-3,8-11,28H,4-7,12-13H2,1H3,(H2,25,26,27). The summed E-state index contributed by atoms with van der Waals surface area (Å²) in [5.41, 5.74) is 3.49. The molecular weight excluding hydrogens is 390 g/mol. The van der Waals surface area contributed by atoms with Crippen molar-refractivity contribution in [1.82, 2.24) is 15.6 Å². The number of H-pyrrole nitrogens is 1. The zero-order valence-electron chi connectivity index (χ0n) is 16.7. The Morgan fingerprint density at radius 3 is 2.67 bits per heavy atom. The lowest BCUT2D eigenvalue weighted by Gasteiger charge is -2.21. The van der Waals surface area contributed by atoms with E-state index < -0.39 is 0 Å². The Morgan fingerprint density at radius 1 is 1.07 bits per heavy atom. The van der Waals surface area contributed by atoms with Gasteiger partial charge in [-0.05, 0) is 54.3 Å². The molecule has 0 unspecified atom stereocenters. The molecule has 3 aromatic rings. The van der Waals surface area contributed by atoms with E-state index in [9.17, 15) is 8.78 Å². The van der Waals surface area contributed by atoms with Gasteiger partial charge in [-0.15, -0.1) is 0 Å². The van der Waals surface area contributed by atoms with Gasteiger partial charge in [0.05, 0.1) is 6.61 Å². The third-order valence-corrected chi connectivity index (χ3v) is 5.08. The van der Waals surface area contributed by atoms with Crippen LogP contribution in [-0.4, -0.2) is 37.9 Å². The molecule has 30 heavy (non-hydrogen) atoms. The van der Waals surface area contributed by atoms with Gasteiger partial charge in [0.15, 0.2) is 12.8 Å². The minimum absolute atomic E-state index is 0.181. The molecule has 0 bridgehead atoms. The topological polar surface area (TPSA) is 70.7 Å². The molecule has 1 aliphatic heterocycles. The molecular formula is C22H24F2N4O2. The van der Waals surface area contributed by atoms with Crippen molar-refractivity contribution in [1.29, 1.82) is 0 Å². The molecule has 2 heterocycles. The number of ether oxygens (including phenoxy) is 2. The molecule has 1 aliphatic rings. The number of nitrogens with one attached hydrogen (secondary N) is 3. The van der Waals surface area contributed by atoms with E-state index in [0.717, 1.165) is 34.0 Å². The van der Waals surface area contributed by atoms with Crippen molar-refractivity contribution in [2.75, 3.05) is 26.9 Å². The van der Waals surface area contributed by atoms with Crippen LogP contribution in [0.25, 0.3) is 10.9 Å². The largest absolute Gasteiger partial charge is 0.467 e. The molecule has 0 saturated carbocycles. The molecule has 0 radical (unpaired) electrons. The van der Waals surface area contributed by atoms with Crippen molar-refractivity contribution in [3.8, 4) is 5.75 Å². The molecule has 3 N–H and O–H groups in total. The molecule has 4 rings (SSSR count). The molecule has 0 spiro atoms. The summed E-state index contributed by atoms with van der Waals surface area (Å²) in [6.45, 7) is 1.74. The van der Waals surface area contributed by atoms with Crippen molar-refractivity contribution in [3.63, 3.8) is 0 Å². The Morgan fingerprint density at radius 2 is 1.87 bits per heavy atom. The highest BCUT2D eigenvalue weighted by molar-refractivity contribution is 5.83. The van der Waals surface area contributed by atoms with Crippen LogP contribution >= 0.6 is 0 Å². The summed E-state index contributed by atoms with van der Waals surface area (Å²) in [6, 6.07) is 7.67. The van der Waals surface area contributed by atoms with E-state index in [1.165, 1.54) is 18.2 Å². The Labute approximate surface area is 173 Å². The van der Waals surface area contributed by atoms with E-state index in [4.69, 9.17) is 9.47 Å². The maximum absolute atomic E-state index is 13.9. The number of nitrogens with zero attached hydrogens (tertiary/aromatic N) is 1. The first-order valence-electron chi connectivity index (χ1n) is 9.86. The van der Waals surface area contributed by atoms with Crippen molar-refractivity contribution in [2.24, 2.45) is 4.99 Å². The number of guanidine groups is 1. The summed E-state index contributed by atoms with van der Waals surface area (Å²) < 4.78 is 38.1. The third-order valence-electron chi connectivity index (χ3n) is 5.08. The van der Waals surface area contributed by atoms with E-state index in [-0.39, 0.29) is 18.4 Å². The molecule has 0 atom stereocenters. The summed E-state index contributed by atoms with van der Waals surface area (Å²) >= 11 is 0. The second-order valence-corrected chi connectivity index (χ2v) is 7.09. The van der Waals surface area contributed by atoms with Crippen molar-refractivity contribution >= 4 is 16.9 Å². The van der Waals surface area contributed by atoms with Crippen LogP contribution in [0, 0.1) is 11.6 Å². The number of aromatic amines is 1. The van der Waals surface area contributed by atoms with E-state index in [1.54, 1.807) is 19.2 Å². The first-order chi connectivity index (χ1) is 14.6. The van der Waals surface area contributed by atoms with Crippen LogP contribution in [0.5, 0.6) is 5.75 Å². The summed E-state index contributed by atoms with van der Waals surface area (Å²) in [5.74, 6) is 0.814. The van der Waals surface area contributed by atoms with Gasteiger partial charge < -0.3 is 25.1 Å². The second kappa shape index (κ2) is 9.13. The normalized spacial score (nSPS) is 13.8. The molecule has 2 aromatic carbocycles. The summed E-state index contributed by atoms with van der Waals surface area (Å²) in [6.07, 6.45) is 3.21. The van der Waals surface area contributed by atoms with E-state index in [2.05, 4.69) is 20.6 Å². The van der Waals surface area contributed by atoms with E-state index >= 15 is 0 Å². The van der Waals surface area contributed by atoms with Crippen LogP contribution in [0.2, 0.25) is 0 Å². The van der Waals surface area contributed by atoms with Gasteiger partial charge >= 0.3 is 0 Å². The van der Waals surface area contributed by atoms with E-state index in [0.29, 0.717) is 37.8 Å². The zero-order chi connectivity index (χ0) is 20.9. The van der Waals surface area contributed by atoms with E-state index in [1.807, 2.05) is 6.20 Å². The summed E-state index contributed by atoms with van der Waals surface area (Å²) in [5, 5.41) is 7.37. The lowest BCUT2D eigenvalue weighted by atomic mass is 10.1. The van der Waals surface area contributed by atoms with Crippen LogP contribution in [0.15, 0.2) is 41.5 Å². The van der Waals surface area contributed by atoms with Gasteiger partial charge in [0.2, 0.25) is 0 Å². The van der Waals surface area contributed by atoms with Gasteiger partial charge in [-0.25, -0.2) is 8.78 Å². The third kappa shape index (κ3) is 4.54. The highest BCUT2D eigenvalue weighted by Crippen LogP contribution is 2.29. The number of hydrogen-bond acceptors (Lipinski definition) is 3. The Balaban J connectivity index is 1.29. The minimum Gasteiger partial charge on any atom is -0.467 e. The fraction of sp³-hybridized carbons (Fsp3) is 0.318. The number of fused-ring (bicyclic) bond motifs is 2. The maximum atomic E-state index is 13.9. The SMILES string of the molecule is CN=C(NCCc1cc(F)cc2c1OCOC2)NCCc1c[nH]c2ccc(F)cc12. The Kier molecular flexibility index (Phi) is 6.13. The molecule has 0 saturated heterocycles. The first kappa shape index (κ1) is 20.2. The van der Waals surface area contributed by atoms with Crippen LogP contribution in [0.4, 0.5) is 8.78 Å². The van der Waals surface area contributed by atoms with Crippen LogP contribution < -0.4 is 15.4 Å². The van der Waals surface area contributed by atoms with Crippen LogP contribution in [-0.2, 0) is 24.2 Å². The van der Waals surface area contributed by atoms with Crippen LogP contribution in [0.1, 0.15) is 16.7 Å². The molecule has 0 amide bonds. The van der Waals surface area contributed by atoms with Crippen molar-refractivity contribution in [3.05, 3.63) is 64.9 Å². The minimum atomic E-state index is -0.296. The van der Waals surface area contributed by atoms with Crippen LogP contribution in [0.3, 0.4) is 0 Å². The van der Waals surface area contributed by atoms with Gasteiger partial charge in [-0.2, -0.15) is 0 Å². The predicted molar refractivity (Wildman–Crippen MR) is 112 cm³/mol. The van der Waals surface area contributed by atoms with Crippen molar-refractivity contribution < 1.29 is 18.3 Å². The number of rotatable bonds is 6. The number of aliphatic imine (C=N–C) groups is 1. The summed E-state index contributed by atoms with van der Waals surface area (Å²) in [7, 11) is 1.70. The molecule has 0 fully saturated rings. The number of hydrogen-bond donors (Lipinski definition) is 3. The monoisotopic (exact) mass is 414 g/mol. The number of aromatic nitrogens is 1. The zero-order valence-corrected chi connectivity index (χ0v) is 16.7. The molecule has 8 heteroatoms. The molecule has 1 aromatic heterocycles. The quantitative estimate of drug-likeness (QED) is 0.428. The predicted octanol–water partition coefficient (Wildman–Crippen LogP) is 3.26. The fourth-order valence-electron chi connectivity index (χ4n) is 3.65. The highest BCUT2D eigenvalue weighted by Gasteiger charge is 2.16. The van der Waals surface area contributed by atoms with Gasteiger partial charge in [-0.3, -0.25) is 4.99 Å². The van der Waals surface area contributed by atoms with Gasteiger partial charge in [0.25, 0.3) is 0 Å². The average molecular weight is 414 g/mol. The number of benzene rings is 2. The fourth-order valence-corrected chi connectivity index (χ4v) is 3.65.